The Balaban J connectivity index is 1.92. The lowest BCUT2D eigenvalue weighted by molar-refractivity contribution is -0.137. The van der Waals surface area contributed by atoms with E-state index in [0.717, 1.165) is 36.0 Å². The zero-order valence-electron chi connectivity index (χ0n) is 10.8. The summed E-state index contributed by atoms with van der Waals surface area (Å²) in [6, 6.07) is 6.40. The van der Waals surface area contributed by atoms with Gasteiger partial charge >= 0.3 is 5.97 Å². The van der Waals surface area contributed by atoms with Crippen LogP contribution in [-0.2, 0) is 4.79 Å². The first kappa shape index (κ1) is 12.0. The number of benzene rings is 1. The molecule has 1 atom stereocenters. The van der Waals surface area contributed by atoms with Gasteiger partial charge < -0.3 is 14.4 Å². The van der Waals surface area contributed by atoms with E-state index < -0.39 is 5.97 Å². The number of aromatic nitrogens is 1. The average Bonchev–Trinajstić information content (AvgIpc) is 2.93. The van der Waals surface area contributed by atoms with Gasteiger partial charge in [-0.25, -0.2) is 0 Å². The number of anilines is 1. The van der Waals surface area contributed by atoms with E-state index in [4.69, 9.17) is 9.52 Å². The summed E-state index contributed by atoms with van der Waals surface area (Å²) in [4.78, 5) is 17.3. The fourth-order valence-electron chi connectivity index (χ4n) is 2.65. The number of rotatable bonds is 3. The third-order valence-electron chi connectivity index (χ3n) is 3.56. The number of carboxylic acids is 1. The van der Waals surface area contributed by atoms with Crippen LogP contribution in [0.15, 0.2) is 22.6 Å². The van der Waals surface area contributed by atoms with Crippen molar-refractivity contribution in [2.45, 2.75) is 32.2 Å². The lowest BCUT2D eigenvalue weighted by atomic mass is 10.1. The molecule has 3 rings (SSSR count). The van der Waals surface area contributed by atoms with Crippen LogP contribution in [-0.4, -0.2) is 28.6 Å². The first-order valence-electron chi connectivity index (χ1n) is 6.49. The van der Waals surface area contributed by atoms with Crippen molar-refractivity contribution in [2.75, 3.05) is 11.4 Å². The van der Waals surface area contributed by atoms with E-state index in [9.17, 15) is 4.79 Å². The van der Waals surface area contributed by atoms with Gasteiger partial charge in [-0.1, -0.05) is 6.07 Å². The van der Waals surface area contributed by atoms with Crippen molar-refractivity contribution in [1.29, 1.82) is 0 Å². The summed E-state index contributed by atoms with van der Waals surface area (Å²) in [5.41, 5.74) is 2.72. The lowest BCUT2D eigenvalue weighted by Crippen LogP contribution is -2.31. The molecule has 5 heteroatoms. The van der Waals surface area contributed by atoms with Gasteiger partial charge in [-0.05, 0) is 37.5 Å². The fourth-order valence-corrected chi connectivity index (χ4v) is 2.65. The van der Waals surface area contributed by atoms with Crippen molar-refractivity contribution < 1.29 is 14.3 Å². The van der Waals surface area contributed by atoms with Crippen LogP contribution in [0.1, 0.15) is 24.8 Å². The van der Waals surface area contributed by atoms with Gasteiger partial charge in [-0.3, -0.25) is 4.79 Å². The van der Waals surface area contributed by atoms with E-state index in [2.05, 4.69) is 4.98 Å². The molecular weight excluding hydrogens is 244 g/mol. The van der Waals surface area contributed by atoms with Crippen molar-refractivity contribution in [3.63, 3.8) is 0 Å². The van der Waals surface area contributed by atoms with Crippen LogP contribution in [0.5, 0.6) is 0 Å². The number of hydrogen-bond donors (Lipinski definition) is 1. The number of carboxylic acid groups (broad SMARTS) is 1. The summed E-state index contributed by atoms with van der Waals surface area (Å²) in [5.74, 6) is -0.774. The van der Waals surface area contributed by atoms with Gasteiger partial charge in [-0.2, -0.15) is 4.98 Å². The second kappa shape index (κ2) is 4.57. The number of oxazole rings is 1. The second-order valence-electron chi connectivity index (χ2n) is 5.05. The lowest BCUT2D eigenvalue weighted by Gasteiger charge is -2.20. The molecule has 5 nitrogen and oxygen atoms in total. The smallest absolute Gasteiger partial charge is 0.305 e. The van der Waals surface area contributed by atoms with Crippen molar-refractivity contribution >= 4 is 23.1 Å². The largest absolute Gasteiger partial charge is 0.481 e. The van der Waals surface area contributed by atoms with Crippen molar-refractivity contribution in [3.8, 4) is 0 Å². The van der Waals surface area contributed by atoms with E-state index in [1.54, 1.807) is 0 Å². The monoisotopic (exact) mass is 260 g/mol. The van der Waals surface area contributed by atoms with Gasteiger partial charge in [-0.15, -0.1) is 0 Å². The number of carbonyl (C=O) groups is 1. The molecule has 0 radical (unpaired) electrons. The highest BCUT2D eigenvalue weighted by Crippen LogP contribution is 2.29. The molecule has 1 aliphatic heterocycles. The van der Waals surface area contributed by atoms with Crippen molar-refractivity contribution in [3.05, 3.63) is 23.8 Å². The van der Waals surface area contributed by atoms with Crippen LogP contribution in [0.2, 0.25) is 0 Å². The molecule has 1 aromatic carbocycles. The molecule has 100 valence electrons. The summed E-state index contributed by atoms with van der Waals surface area (Å²) in [7, 11) is 0. The molecule has 2 aromatic rings. The number of nitrogens with zero attached hydrogens (tertiary/aromatic N) is 2. The average molecular weight is 260 g/mol. The van der Waals surface area contributed by atoms with Crippen LogP contribution in [0.3, 0.4) is 0 Å². The molecule has 1 aliphatic rings. The zero-order chi connectivity index (χ0) is 13.4. The van der Waals surface area contributed by atoms with Crippen LogP contribution < -0.4 is 4.90 Å². The molecule has 0 bridgehead atoms. The molecule has 1 saturated heterocycles. The number of hydrogen-bond acceptors (Lipinski definition) is 4. The first-order chi connectivity index (χ1) is 9.13. The molecule has 0 spiro atoms. The maximum absolute atomic E-state index is 10.9. The summed E-state index contributed by atoms with van der Waals surface area (Å²) in [6.07, 6.45) is 2.00. The van der Waals surface area contributed by atoms with E-state index in [-0.39, 0.29) is 12.5 Å². The molecule has 1 unspecified atom stereocenters. The zero-order valence-corrected chi connectivity index (χ0v) is 10.8. The number of aryl methyl sites for hydroxylation is 1. The number of aliphatic carboxylic acids is 1. The minimum absolute atomic E-state index is 0.00772. The second-order valence-corrected chi connectivity index (χ2v) is 5.05. The minimum Gasteiger partial charge on any atom is -0.481 e. The normalized spacial score (nSPS) is 19.2. The summed E-state index contributed by atoms with van der Waals surface area (Å²) < 4.78 is 5.74. The molecule has 0 saturated carbocycles. The third-order valence-corrected chi connectivity index (χ3v) is 3.56. The molecule has 1 N–H and O–H groups in total. The third kappa shape index (κ3) is 2.28. The Morgan fingerprint density at radius 2 is 2.42 bits per heavy atom. The van der Waals surface area contributed by atoms with Crippen LogP contribution in [0.25, 0.3) is 11.1 Å². The Morgan fingerprint density at radius 3 is 3.21 bits per heavy atom. The van der Waals surface area contributed by atoms with Gasteiger partial charge in [0.05, 0.1) is 6.42 Å². The van der Waals surface area contributed by atoms with Crippen LogP contribution in [0, 0.1) is 6.92 Å². The SMILES string of the molecule is Cc1ccc2oc(N3CCCC3CC(=O)O)nc2c1. The van der Waals surface area contributed by atoms with Crippen LogP contribution in [0.4, 0.5) is 6.01 Å². The van der Waals surface area contributed by atoms with Crippen LogP contribution >= 0.6 is 0 Å². The highest BCUT2D eigenvalue weighted by Gasteiger charge is 2.29. The quantitative estimate of drug-likeness (QED) is 0.918. The van der Waals surface area contributed by atoms with Gasteiger partial charge in [0.15, 0.2) is 5.58 Å². The highest BCUT2D eigenvalue weighted by atomic mass is 16.4. The van der Waals surface area contributed by atoms with Gasteiger partial charge in [0.2, 0.25) is 0 Å². The van der Waals surface area contributed by atoms with E-state index in [1.807, 2.05) is 30.0 Å². The molecule has 19 heavy (non-hydrogen) atoms. The van der Waals surface area contributed by atoms with Gasteiger partial charge in [0.25, 0.3) is 6.01 Å². The topological polar surface area (TPSA) is 66.6 Å². The maximum Gasteiger partial charge on any atom is 0.305 e. The standard InChI is InChI=1S/C14H16N2O3/c1-9-4-5-12-11(7-9)15-14(19-12)16-6-2-3-10(16)8-13(17)18/h4-5,7,10H,2-3,6,8H2,1H3,(H,17,18). The Morgan fingerprint density at radius 1 is 1.58 bits per heavy atom. The van der Waals surface area contributed by atoms with Gasteiger partial charge in [0, 0.05) is 12.6 Å². The van der Waals surface area contributed by atoms with Gasteiger partial charge in [0.1, 0.15) is 5.52 Å². The fraction of sp³-hybridized carbons (Fsp3) is 0.429. The first-order valence-corrected chi connectivity index (χ1v) is 6.49. The predicted octanol–water partition coefficient (Wildman–Crippen LogP) is 2.58. The summed E-state index contributed by atoms with van der Waals surface area (Å²) in [5, 5.41) is 8.94. The molecule has 2 heterocycles. The number of fused-ring (bicyclic) bond motifs is 1. The minimum atomic E-state index is -0.774. The highest BCUT2D eigenvalue weighted by molar-refractivity contribution is 5.75. The molecular formula is C14H16N2O3. The maximum atomic E-state index is 10.9. The van der Waals surface area contributed by atoms with Crippen molar-refractivity contribution in [1.82, 2.24) is 4.98 Å². The Labute approximate surface area is 110 Å². The molecule has 1 aromatic heterocycles. The summed E-state index contributed by atoms with van der Waals surface area (Å²) >= 11 is 0. The summed E-state index contributed by atoms with van der Waals surface area (Å²) in [6.45, 7) is 2.82. The Bertz CT molecular complexity index is 620. The molecule has 1 fully saturated rings. The molecule has 0 amide bonds. The Hall–Kier alpha value is -2.04. The molecule has 0 aliphatic carbocycles. The predicted molar refractivity (Wildman–Crippen MR) is 71.4 cm³/mol. The van der Waals surface area contributed by atoms with E-state index in [1.165, 1.54) is 0 Å². The van der Waals surface area contributed by atoms with E-state index >= 15 is 0 Å². The van der Waals surface area contributed by atoms with Crippen molar-refractivity contribution in [2.24, 2.45) is 0 Å². The Kier molecular flexibility index (Phi) is 2.89. The van der Waals surface area contributed by atoms with E-state index in [0.29, 0.717) is 6.01 Å².